The van der Waals surface area contributed by atoms with Crippen molar-refractivity contribution in [3.8, 4) is 0 Å². The number of benzene rings is 2. The van der Waals surface area contributed by atoms with Crippen LogP contribution in [0, 0.1) is 5.92 Å². The van der Waals surface area contributed by atoms with Gasteiger partial charge in [-0.15, -0.1) is 0 Å². The van der Waals surface area contributed by atoms with Crippen molar-refractivity contribution in [3.63, 3.8) is 0 Å². The number of nitrogen functional groups attached to an aromatic ring is 1. The van der Waals surface area contributed by atoms with E-state index in [1.54, 1.807) is 23.9 Å². The lowest BCUT2D eigenvalue weighted by molar-refractivity contribution is 0.0977. The Morgan fingerprint density at radius 1 is 1.24 bits per heavy atom. The zero-order valence-corrected chi connectivity index (χ0v) is 14.5. The van der Waals surface area contributed by atoms with Crippen LogP contribution in [-0.4, -0.2) is 30.8 Å². The van der Waals surface area contributed by atoms with E-state index in [-0.39, 0.29) is 16.6 Å². The van der Waals surface area contributed by atoms with Crippen LogP contribution in [0.2, 0.25) is 0 Å². The number of thioether (sulfide) groups is 1. The number of hydrogen-bond donors (Lipinski definition) is 2. The first-order valence-electron chi connectivity index (χ1n) is 8.21. The normalized spacial score (nSPS) is 25.1. The van der Waals surface area contributed by atoms with Gasteiger partial charge in [-0.1, -0.05) is 42.1 Å². The maximum absolute atomic E-state index is 12.4. The van der Waals surface area contributed by atoms with Crippen molar-refractivity contribution in [2.24, 2.45) is 10.9 Å². The highest BCUT2D eigenvalue weighted by molar-refractivity contribution is 8.14. The molecule has 1 saturated heterocycles. The molecule has 6 heteroatoms. The van der Waals surface area contributed by atoms with Gasteiger partial charge in [0.25, 0.3) is 5.91 Å². The number of carbonyl (C=O) groups is 1. The fraction of sp³-hybridized carbons (Fsp3) is 0.263. The summed E-state index contributed by atoms with van der Waals surface area (Å²) in [5, 5.41) is 3.58. The molecule has 0 aromatic heterocycles. The number of hydrogen-bond acceptors (Lipinski definition) is 5. The number of nitrogens with one attached hydrogen (secondary N) is 1. The van der Waals surface area contributed by atoms with Crippen molar-refractivity contribution in [1.82, 2.24) is 5.32 Å². The van der Waals surface area contributed by atoms with Crippen LogP contribution >= 0.6 is 11.8 Å². The number of ether oxygens (including phenoxy) is 1. The molecule has 128 valence electrons. The largest absolute Gasteiger partial charge is 0.399 e. The topological polar surface area (TPSA) is 76.7 Å². The predicted molar refractivity (Wildman–Crippen MR) is 101 cm³/mol. The fourth-order valence-electron chi connectivity index (χ4n) is 3.32. The van der Waals surface area contributed by atoms with Gasteiger partial charge in [0, 0.05) is 23.7 Å². The second-order valence-electron chi connectivity index (χ2n) is 6.30. The summed E-state index contributed by atoms with van der Waals surface area (Å²) in [5.74, 6) is 0.128. The van der Waals surface area contributed by atoms with Gasteiger partial charge in [0.15, 0.2) is 5.17 Å². The Kier molecular flexibility index (Phi) is 4.23. The van der Waals surface area contributed by atoms with E-state index in [0.29, 0.717) is 30.5 Å². The van der Waals surface area contributed by atoms with Crippen LogP contribution in [-0.2, 0) is 9.48 Å². The maximum atomic E-state index is 12.4. The van der Waals surface area contributed by atoms with E-state index in [2.05, 4.69) is 16.4 Å². The molecule has 2 aromatic rings. The van der Waals surface area contributed by atoms with Crippen molar-refractivity contribution < 1.29 is 9.53 Å². The minimum absolute atomic E-state index is 0.146. The number of amides is 1. The molecule has 4 rings (SSSR count). The summed E-state index contributed by atoms with van der Waals surface area (Å²) in [7, 11) is 0. The van der Waals surface area contributed by atoms with Crippen LogP contribution in [0.25, 0.3) is 0 Å². The average Bonchev–Trinajstić information content (AvgIpc) is 3.07. The van der Waals surface area contributed by atoms with Gasteiger partial charge < -0.3 is 15.8 Å². The Morgan fingerprint density at radius 2 is 2.08 bits per heavy atom. The summed E-state index contributed by atoms with van der Waals surface area (Å²) >= 11 is 1.57. The van der Waals surface area contributed by atoms with E-state index < -0.39 is 0 Å². The number of nitrogens with zero attached hydrogens (tertiary/aromatic N) is 1. The summed E-state index contributed by atoms with van der Waals surface area (Å²) in [6, 6.07) is 17.1. The molecular formula is C19H19N3O2S. The smallest absolute Gasteiger partial charge is 0.257 e. The second kappa shape index (κ2) is 6.54. The van der Waals surface area contributed by atoms with Crippen LogP contribution in [0.3, 0.4) is 0 Å². The molecule has 25 heavy (non-hydrogen) atoms. The quantitative estimate of drug-likeness (QED) is 0.814. The second-order valence-corrected chi connectivity index (χ2v) is 7.61. The Balaban J connectivity index is 1.59. The number of aliphatic imine (C=N–C) groups is 1. The molecule has 0 saturated carbocycles. The van der Waals surface area contributed by atoms with Gasteiger partial charge in [-0.05, 0) is 29.8 Å². The molecule has 1 amide bonds. The highest BCUT2D eigenvalue weighted by Crippen LogP contribution is 2.50. The number of amidine groups is 1. The van der Waals surface area contributed by atoms with E-state index in [0.717, 1.165) is 11.3 Å². The van der Waals surface area contributed by atoms with Crippen LogP contribution < -0.4 is 11.1 Å². The summed E-state index contributed by atoms with van der Waals surface area (Å²) in [4.78, 5) is 17.0. The van der Waals surface area contributed by atoms with Crippen LogP contribution in [0.1, 0.15) is 15.9 Å². The number of rotatable bonds is 2. The lowest BCUT2D eigenvalue weighted by atomic mass is 9.87. The number of fused-ring (bicyclic) bond motifs is 1. The minimum Gasteiger partial charge on any atom is -0.399 e. The zero-order valence-electron chi connectivity index (χ0n) is 13.6. The lowest BCUT2D eigenvalue weighted by Crippen LogP contribution is -2.42. The Hall–Kier alpha value is -2.31. The Labute approximate surface area is 150 Å². The fourth-order valence-corrected chi connectivity index (χ4v) is 4.64. The molecule has 0 spiro atoms. The first kappa shape index (κ1) is 16.2. The minimum atomic E-state index is -0.254. The van der Waals surface area contributed by atoms with Crippen LogP contribution in [0.15, 0.2) is 59.6 Å². The summed E-state index contributed by atoms with van der Waals surface area (Å²) in [6.45, 7) is 1.89. The maximum Gasteiger partial charge on any atom is 0.257 e. The van der Waals surface area contributed by atoms with Crippen molar-refractivity contribution in [2.75, 3.05) is 25.5 Å². The van der Waals surface area contributed by atoms with Gasteiger partial charge >= 0.3 is 0 Å². The molecule has 0 unspecified atom stereocenters. The number of carbonyl (C=O) groups excluding carboxylic acids is 1. The van der Waals surface area contributed by atoms with Gasteiger partial charge in [0.1, 0.15) is 0 Å². The summed E-state index contributed by atoms with van der Waals surface area (Å²) < 4.78 is 5.53. The van der Waals surface area contributed by atoms with Crippen molar-refractivity contribution in [2.45, 2.75) is 4.75 Å². The molecule has 1 fully saturated rings. The summed E-state index contributed by atoms with van der Waals surface area (Å²) in [6.07, 6.45) is 0. The molecule has 2 atom stereocenters. The predicted octanol–water partition coefficient (Wildman–Crippen LogP) is 2.64. The first-order valence-corrected chi connectivity index (χ1v) is 9.03. The molecule has 3 N–H and O–H groups in total. The average molecular weight is 353 g/mol. The highest BCUT2D eigenvalue weighted by atomic mass is 32.2. The van der Waals surface area contributed by atoms with E-state index in [4.69, 9.17) is 10.5 Å². The third kappa shape index (κ3) is 3.03. The van der Waals surface area contributed by atoms with Gasteiger partial charge in [-0.3, -0.25) is 9.79 Å². The summed E-state index contributed by atoms with van der Waals surface area (Å²) in [5.41, 5.74) is 8.46. The van der Waals surface area contributed by atoms with E-state index >= 15 is 0 Å². The third-order valence-electron chi connectivity index (χ3n) is 4.66. The zero-order chi connectivity index (χ0) is 17.3. The molecule has 2 heterocycles. The molecule has 2 aromatic carbocycles. The molecule has 2 aliphatic rings. The van der Waals surface area contributed by atoms with Crippen molar-refractivity contribution in [1.29, 1.82) is 0 Å². The molecule has 0 bridgehead atoms. The van der Waals surface area contributed by atoms with Gasteiger partial charge in [-0.25, -0.2) is 0 Å². The van der Waals surface area contributed by atoms with Gasteiger partial charge in [-0.2, -0.15) is 0 Å². The number of nitrogens with two attached hydrogens (primary N) is 1. The SMILES string of the molecule is Nc1cccc([C@]23COC[C@@H]2CN=C(NC(=O)c2ccccc2)S3)c1. The number of anilines is 1. The monoisotopic (exact) mass is 353 g/mol. The standard InChI is InChI=1S/C19H19N3O2S/c20-16-8-4-7-14(9-16)19-12-24-11-15(19)10-21-18(25-19)22-17(23)13-5-2-1-3-6-13/h1-9,15H,10-12,20H2,(H,21,22,23)/t15-,19+/m0/s1. The lowest BCUT2D eigenvalue weighted by Gasteiger charge is -2.36. The first-order chi connectivity index (χ1) is 12.2. The van der Waals surface area contributed by atoms with Gasteiger partial charge in [0.2, 0.25) is 0 Å². The highest BCUT2D eigenvalue weighted by Gasteiger charge is 2.49. The van der Waals surface area contributed by atoms with Gasteiger partial charge in [0.05, 0.1) is 18.0 Å². The molecule has 5 nitrogen and oxygen atoms in total. The molecule has 0 aliphatic carbocycles. The Bertz CT molecular complexity index is 824. The van der Waals surface area contributed by atoms with E-state index in [1.165, 1.54) is 0 Å². The third-order valence-corrected chi connectivity index (χ3v) is 6.14. The Morgan fingerprint density at radius 3 is 2.88 bits per heavy atom. The molecule has 2 aliphatic heterocycles. The molecular weight excluding hydrogens is 334 g/mol. The van der Waals surface area contributed by atoms with E-state index in [1.807, 2.05) is 36.4 Å². The van der Waals surface area contributed by atoms with Crippen molar-refractivity contribution >= 4 is 28.5 Å². The van der Waals surface area contributed by atoms with Crippen LogP contribution in [0.4, 0.5) is 5.69 Å². The van der Waals surface area contributed by atoms with Crippen molar-refractivity contribution in [3.05, 3.63) is 65.7 Å². The molecule has 0 radical (unpaired) electrons. The van der Waals surface area contributed by atoms with E-state index in [9.17, 15) is 4.79 Å². The van der Waals surface area contributed by atoms with Crippen LogP contribution in [0.5, 0.6) is 0 Å².